The molecule has 4 heterocycles. The third-order valence-corrected chi connectivity index (χ3v) is 18.0. The normalized spacial score (nSPS) is 18.7. The van der Waals surface area contributed by atoms with Crippen LogP contribution in [-0.2, 0) is 10.8 Å². The molecule has 4 bridgehead atoms. The zero-order valence-corrected chi connectivity index (χ0v) is 40.1. The molecule has 0 saturated heterocycles. The molecule has 9 aromatic carbocycles. The zero-order chi connectivity index (χ0) is 46.6. The van der Waals surface area contributed by atoms with Gasteiger partial charge in [-0.25, -0.2) is 0 Å². The van der Waals surface area contributed by atoms with Crippen LogP contribution in [-0.4, -0.2) is 8.80 Å². The molecule has 13 aromatic rings. The Morgan fingerprint density at radius 3 is 1.19 bits per heavy atom. The van der Waals surface area contributed by atoms with Crippen LogP contribution in [0.5, 0.6) is 0 Å². The predicted octanol–water partition coefficient (Wildman–Crippen LogP) is 16.4. The molecule has 4 aromatic heterocycles. The van der Waals surface area contributed by atoms with Crippen LogP contribution in [0.4, 0.5) is 0 Å². The van der Waals surface area contributed by atoms with Gasteiger partial charge < -0.3 is 8.80 Å². The minimum atomic E-state index is -0.0957. The Kier molecular flexibility index (Phi) is 6.55. The molecule has 0 amide bonds. The molecule has 3 heteroatoms. The molecule has 0 fully saturated rings. The Hall–Kier alpha value is -7.93. The van der Waals surface area contributed by atoms with E-state index in [1.54, 1.807) is 0 Å². The maximum Gasteiger partial charge on any atom is 0.0995 e. The molecule has 3 nitrogen and oxygen atoms in total. The van der Waals surface area contributed by atoms with E-state index in [9.17, 15) is 5.26 Å². The number of rotatable bonds is 0. The molecule has 0 atom stereocenters. The highest BCUT2D eigenvalue weighted by Crippen LogP contribution is 2.61. The van der Waals surface area contributed by atoms with E-state index >= 15 is 0 Å². The van der Waals surface area contributed by atoms with Crippen LogP contribution in [0.2, 0.25) is 0 Å². The molecular formula is C67H47N3. The maximum atomic E-state index is 11.3. The van der Waals surface area contributed by atoms with Crippen LogP contribution in [0.15, 0.2) is 152 Å². The Balaban J connectivity index is 1.03. The molecule has 0 unspecified atom stereocenters. The highest BCUT2D eigenvalue weighted by atomic mass is 14.9. The van der Waals surface area contributed by atoms with Crippen LogP contribution in [0.25, 0.3) is 76.2 Å². The highest BCUT2D eigenvalue weighted by Gasteiger charge is 2.46. The van der Waals surface area contributed by atoms with Gasteiger partial charge in [0.25, 0.3) is 0 Å². The van der Waals surface area contributed by atoms with Gasteiger partial charge in [-0.3, -0.25) is 0 Å². The molecule has 6 aliphatic carbocycles. The number of nitriles is 1. The summed E-state index contributed by atoms with van der Waals surface area (Å²) in [6.07, 6.45) is 0. The third kappa shape index (κ3) is 4.21. The molecule has 0 aliphatic heterocycles. The fraction of sp³-hybridized carbons (Fsp3) is 0.179. The van der Waals surface area contributed by atoms with E-state index in [2.05, 4.69) is 208 Å². The summed E-state index contributed by atoms with van der Waals surface area (Å²) < 4.78 is 5.19. The van der Waals surface area contributed by atoms with Crippen molar-refractivity contribution in [3.8, 4) is 6.07 Å². The van der Waals surface area contributed by atoms with Gasteiger partial charge in [-0.1, -0.05) is 145 Å². The van der Waals surface area contributed by atoms with Crippen molar-refractivity contribution in [3.63, 3.8) is 0 Å². The van der Waals surface area contributed by atoms with Crippen molar-refractivity contribution < 1.29 is 0 Å². The van der Waals surface area contributed by atoms with E-state index in [1.165, 1.54) is 149 Å². The second-order valence-corrected chi connectivity index (χ2v) is 23.4. The first kappa shape index (κ1) is 38.0. The number of aromatic nitrogens is 2. The Morgan fingerprint density at radius 1 is 0.357 bits per heavy atom. The number of fused-ring (bicyclic) bond motifs is 12. The van der Waals surface area contributed by atoms with Gasteiger partial charge in [0.2, 0.25) is 0 Å². The predicted molar refractivity (Wildman–Crippen MR) is 287 cm³/mol. The monoisotopic (exact) mass is 893 g/mol. The summed E-state index contributed by atoms with van der Waals surface area (Å²) in [4.78, 5) is 0. The number of hydrogen-bond acceptors (Lipinski definition) is 1. The van der Waals surface area contributed by atoms with E-state index in [4.69, 9.17) is 0 Å². The van der Waals surface area contributed by atoms with Crippen molar-refractivity contribution >= 4 is 76.2 Å². The standard InChI is InChI=1S/C67H47N3/c1-66(2,3)34-26-47-45-31-53-46(30-52(45)69-51-24-23-44-56-36-15-7-9-17-38(36)58(39-18-10-8-16-37(39)56)62(44)60(51)49(28-34)64(47)69)48-27-35(67(4,5)6)29-50-61-54(70(53)65(48)50)25-33(32-68)55-57-40-19-11-13-21-42(40)59(63(55)61)43-22-14-12-20-41(43)57/h7-31,56-59H,1-6H3. The highest BCUT2D eigenvalue weighted by molar-refractivity contribution is 6.30. The second kappa shape index (κ2) is 12.1. The maximum absolute atomic E-state index is 11.3. The lowest BCUT2D eigenvalue weighted by molar-refractivity contribution is 0.591. The summed E-state index contributed by atoms with van der Waals surface area (Å²) in [6, 6.07) is 61.6. The minimum Gasteiger partial charge on any atom is -0.308 e. The van der Waals surface area contributed by atoms with Crippen LogP contribution in [0.1, 0.15) is 149 Å². The molecule has 0 radical (unpaired) electrons. The topological polar surface area (TPSA) is 32.6 Å². The van der Waals surface area contributed by atoms with Gasteiger partial charge in [0, 0.05) is 66.8 Å². The largest absolute Gasteiger partial charge is 0.308 e. The SMILES string of the molecule is CC(C)(C)c1cc2c3cc4c(cc3n3c5ccc6c(c5c(c1)c23)C1c2ccccc2C6c2ccccc21)c1cc(C(C)(C)C)cc2c3c5c(c(C#N)cc3n4c12)C1c2ccccc2C5c2ccccc21. The molecular weight excluding hydrogens is 847 g/mol. The first-order valence-electron chi connectivity index (χ1n) is 25.3. The number of benzene rings is 9. The van der Waals surface area contributed by atoms with Crippen molar-refractivity contribution in [1.82, 2.24) is 8.80 Å². The van der Waals surface area contributed by atoms with E-state index in [0.29, 0.717) is 0 Å². The average Bonchev–Trinajstić information content (AvgIpc) is 4.10. The lowest BCUT2D eigenvalue weighted by Gasteiger charge is -2.43. The zero-order valence-electron chi connectivity index (χ0n) is 40.1. The fourth-order valence-electron chi connectivity index (χ4n) is 15.1. The number of nitrogens with zero attached hydrogens (tertiary/aromatic N) is 3. The van der Waals surface area contributed by atoms with Crippen LogP contribution >= 0.6 is 0 Å². The van der Waals surface area contributed by atoms with Gasteiger partial charge in [-0.05, 0) is 137 Å². The molecule has 330 valence electrons. The Labute approximate surface area is 405 Å². The van der Waals surface area contributed by atoms with Crippen LogP contribution < -0.4 is 0 Å². The van der Waals surface area contributed by atoms with Crippen molar-refractivity contribution in [1.29, 1.82) is 5.26 Å². The average molecular weight is 894 g/mol. The van der Waals surface area contributed by atoms with Crippen LogP contribution in [0, 0.1) is 11.3 Å². The van der Waals surface area contributed by atoms with Gasteiger partial charge in [0.1, 0.15) is 0 Å². The van der Waals surface area contributed by atoms with Crippen molar-refractivity contribution in [2.45, 2.75) is 76.0 Å². The first-order valence-corrected chi connectivity index (χ1v) is 25.3. The Morgan fingerprint density at radius 2 is 0.743 bits per heavy atom. The minimum absolute atomic E-state index is 0.0148. The van der Waals surface area contributed by atoms with Gasteiger partial charge in [0.15, 0.2) is 0 Å². The summed E-state index contributed by atoms with van der Waals surface area (Å²) in [7, 11) is 0. The van der Waals surface area contributed by atoms with Gasteiger partial charge in [-0.2, -0.15) is 5.26 Å². The molecule has 19 rings (SSSR count). The van der Waals surface area contributed by atoms with Gasteiger partial charge in [-0.15, -0.1) is 0 Å². The quantitative estimate of drug-likeness (QED) is 0.149. The lowest BCUT2D eigenvalue weighted by Crippen LogP contribution is -2.28. The molecule has 70 heavy (non-hydrogen) atoms. The van der Waals surface area contributed by atoms with Crippen molar-refractivity contribution in [2.24, 2.45) is 0 Å². The van der Waals surface area contributed by atoms with E-state index in [1.807, 2.05) is 0 Å². The number of hydrogen-bond donors (Lipinski definition) is 0. The van der Waals surface area contributed by atoms with Crippen LogP contribution in [0.3, 0.4) is 0 Å². The summed E-state index contributed by atoms with van der Waals surface area (Å²) in [5, 5.41) is 21.8. The lowest BCUT2D eigenvalue weighted by atomic mass is 9.59. The Bertz CT molecular complexity index is 4550. The first-order chi connectivity index (χ1) is 34.0. The molecule has 0 saturated carbocycles. The fourth-order valence-corrected chi connectivity index (χ4v) is 15.1. The molecule has 0 spiro atoms. The summed E-state index contributed by atoms with van der Waals surface area (Å²) in [6.45, 7) is 14.2. The van der Waals surface area contributed by atoms with Crippen molar-refractivity contribution in [3.05, 3.63) is 235 Å². The summed E-state index contributed by atoms with van der Waals surface area (Å²) in [5.41, 5.74) is 27.5. The second-order valence-electron chi connectivity index (χ2n) is 23.4. The van der Waals surface area contributed by atoms with Crippen molar-refractivity contribution in [2.75, 3.05) is 0 Å². The summed E-state index contributed by atoms with van der Waals surface area (Å²) in [5.74, 6) is 0.442. The van der Waals surface area contributed by atoms with E-state index in [0.717, 1.165) is 11.1 Å². The molecule has 6 aliphatic rings. The van der Waals surface area contributed by atoms with E-state index < -0.39 is 0 Å². The molecule has 0 N–H and O–H groups in total. The van der Waals surface area contributed by atoms with E-state index in [-0.39, 0.29) is 34.5 Å². The summed E-state index contributed by atoms with van der Waals surface area (Å²) >= 11 is 0. The van der Waals surface area contributed by atoms with Gasteiger partial charge >= 0.3 is 0 Å². The third-order valence-electron chi connectivity index (χ3n) is 18.0. The van der Waals surface area contributed by atoms with Gasteiger partial charge in [0.05, 0.1) is 44.7 Å². The smallest absolute Gasteiger partial charge is 0.0995 e.